The van der Waals surface area contributed by atoms with E-state index in [-0.39, 0.29) is 6.09 Å². The lowest BCUT2D eigenvalue weighted by Crippen LogP contribution is -2.13. The van der Waals surface area contributed by atoms with Crippen molar-refractivity contribution in [2.45, 2.75) is 13.3 Å². The van der Waals surface area contributed by atoms with Crippen molar-refractivity contribution in [1.82, 2.24) is 4.57 Å². The molecule has 0 aliphatic heterocycles. The standard InChI is InChI=1S/C19H22N3O2P/c1-13-4-3-5-17-14(12-21(18(13)17)19(23)24-2)10-11-22(25)16-8-6-15(20)7-9-16/h3-9,12H,10-11,20,25H2,1-2H3. The Balaban J connectivity index is 1.87. The van der Waals surface area contributed by atoms with Crippen molar-refractivity contribution in [3.8, 4) is 0 Å². The van der Waals surface area contributed by atoms with Gasteiger partial charge in [0.25, 0.3) is 0 Å². The van der Waals surface area contributed by atoms with Gasteiger partial charge in [-0.25, -0.2) is 4.79 Å². The number of nitrogens with two attached hydrogens (primary N) is 1. The van der Waals surface area contributed by atoms with E-state index in [0.717, 1.165) is 46.4 Å². The van der Waals surface area contributed by atoms with Crippen molar-refractivity contribution in [3.05, 3.63) is 59.8 Å². The zero-order chi connectivity index (χ0) is 18.0. The van der Waals surface area contributed by atoms with E-state index >= 15 is 0 Å². The number of aryl methyl sites for hydroxylation is 1. The first kappa shape index (κ1) is 17.3. The van der Waals surface area contributed by atoms with Crippen LogP contribution in [0.4, 0.5) is 16.2 Å². The number of hydrogen-bond donors (Lipinski definition) is 1. The van der Waals surface area contributed by atoms with Gasteiger partial charge in [-0.15, -0.1) is 0 Å². The minimum absolute atomic E-state index is 0.369. The Kier molecular flexibility index (Phi) is 4.95. The molecule has 6 heteroatoms. The molecule has 1 unspecified atom stereocenters. The van der Waals surface area contributed by atoms with Crippen molar-refractivity contribution >= 4 is 37.8 Å². The van der Waals surface area contributed by atoms with Crippen LogP contribution in [0.3, 0.4) is 0 Å². The van der Waals surface area contributed by atoms with Crippen molar-refractivity contribution in [2.24, 2.45) is 0 Å². The van der Waals surface area contributed by atoms with Gasteiger partial charge in [-0.3, -0.25) is 4.57 Å². The zero-order valence-electron chi connectivity index (χ0n) is 14.4. The van der Waals surface area contributed by atoms with Crippen LogP contribution in [0.2, 0.25) is 0 Å². The van der Waals surface area contributed by atoms with Crippen LogP contribution in [0, 0.1) is 6.92 Å². The van der Waals surface area contributed by atoms with E-state index in [1.807, 2.05) is 55.6 Å². The monoisotopic (exact) mass is 355 g/mol. The van der Waals surface area contributed by atoms with Gasteiger partial charge in [0.2, 0.25) is 0 Å². The largest absolute Gasteiger partial charge is 0.452 e. The number of ether oxygens (including phenoxy) is 1. The Morgan fingerprint density at radius 1 is 1.24 bits per heavy atom. The molecule has 0 radical (unpaired) electrons. The highest BCUT2D eigenvalue weighted by atomic mass is 31.0. The van der Waals surface area contributed by atoms with Gasteiger partial charge in [0.05, 0.1) is 12.6 Å². The van der Waals surface area contributed by atoms with Gasteiger partial charge >= 0.3 is 6.09 Å². The number of benzene rings is 2. The topological polar surface area (TPSA) is 60.5 Å². The van der Waals surface area contributed by atoms with Crippen LogP contribution in [0.25, 0.3) is 10.9 Å². The average Bonchev–Trinajstić information content (AvgIpc) is 3.00. The molecule has 2 N–H and O–H groups in total. The number of nitrogens with zero attached hydrogens (tertiary/aromatic N) is 2. The number of anilines is 2. The number of nitrogen functional groups attached to an aromatic ring is 1. The molecule has 0 amide bonds. The second-order valence-electron chi connectivity index (χ2n) is 6.00. The Bertz CT molecular complexity index is 903. The van der Waals surface area contributed by atoms with Gasteiger partial charge in [-0.2, -0.15) is 0 Å². The highest BCUT2D eigenvalue weighted by Gasteiger charge is 2.16. The minimum Gasteiger partial charge on any atom is -0.452 e. The molecule has 25 heavy (non-hydrogen) atoms. The van der Waals surface area contributed by atoms with Crippen molar-refractivity contribution < 1.29 is 9.53 Å². The summed E-state index contributed by atoms with van der Waals surface area (Å²) in [6.07, 6.45) is 2.31. The molecule has 0 saturated heterocycles. The summed E-state index contributed by atoms with van der Waals surface area (Å²) in [5.74, 6) is 0. The van der Waals surface area contributed by atoms with Crippen LogP contribution in [-0.4, -0.2) is 24.3 Å². The number of carbonyl (C=O) groups excluding carboxylic acids is 1. The number of hydrogen-bond acceptors (Lipinski definition) is 4. The molecular formula is C19H22N3O2P. The summed E-state index contributed by atoms with van der Waals surface area (Å²) in [6, 6.07) is 13.8. The SMILES string of the molecule is COC(=O)n1cc(CCN(P)c2ccc(N)cc2)c2cccc(C)c21. The van der Waals surface area contributed by atoms with E-state index in [0.29, 0.717) is 0 Å². The fourth-order valence-electron chi connectivity index (χ4n) is 3.01. The summed E-state index contributed by atoms with van der Waals surface area (Å²) < 4.78 is 8.60. The Labute approximate surface area is 149 Å². The van der Waals surface area contributed by atoms with E-state index < -0.39 is 0 Å². The van der Waals surface area contributed by atoms with E-state index in [1.165, 1.54) is 7.11 Å². The molecule has 1 atom stereocenters. The zero-order valence-corrected chi connectivity index (χ0v) is 15.6. The number of rotatable bonds is 4. The second-order valence-corrected chi connectivity index (χ2v) is 6.62. The Morgan fingerprint density at radius 2 is 1.96 bits per heavy atom. The van der Waals surface area contributed by atoms with E-state index in [4.69, 9.17) is 10.5 Å². The molecular weight excluding hydrogens is 333 g/mol. The van der Waals surface area contributed by atoms with Crippen molar-refractivity contribution in [1.29, 1.82) is 0 Å². The molecule has 3 aromatic rings. The van der Waals surface area contributed by atoms with Gasteiger partial charge in [-0.1, -0.05) is 18.2 Å². The van der Waals surface area contributed by atoms with Crippen LogP contribution in [0.15, 0.2) is 48.7 Å². The maximum Gasteiger partial charge on any atom is 0.418 e. The number of fused-ring (bicyclic) bond motifs is 1. The van der Waals surface area contributed by atoms with E-state index in [2.05, 4.69) is 14.1 Å². The number of carbonyl (C=O) groups is 1. The molecule has 0 bridgehead atoms. The normalized spacial score (nSPS) is 10.8. The number of aromatic nitrogens is 1. The molecule has 0 aliphatic carbocycles. The van der Waals surface area contributed by atoms with Crippen molar-refractivity contribution in [2.75, 3.05) is 24.1 Å². The predicted octanol–water partition coefficient (Wildman–Crippen LogP) is 3.99. The molecule has 1 aromatic heterocycles. The highest BCUT2D eigenvalue weighted by molar-refractivity contribution is 7.19. The molecule has 0 saturated carbocycles. The lowest BCUT2D eigenvalue weighted by molar-refractivity contribution is 0.174. The molecule has 0 aliphatic rings. The first-order valence-corrected chi connectivity index (χ1v) is 8.58. The lowest BCUT2D eigenvalue weighted by atomic mass is 10.1. The van der Waals surface area contributed by atoms with Gasteiger partial charge in [-0.05, 0) is 58.1 Å². The number of methoxy groups -OCH3 is 1. The molecule has 0 spiro atoms. The smallest absolute Gasteiger partial charge is 0.418 e. The highest BCUT2D eigenvalue weighted by Crippen LogP contribution is 2.27. The maximum absolute atomic E-state index is 12.1. The quantitative estimate of drug-likeness (QED) is 0.568. The average molecular weight is 355 g/mol. The summed E-state index contributed by atoms with van der Waals surface area (Å²) in [4.78, 5) is 12.1. The molecule has 5 nitrogen and oxygen atoms in total. The van der Waals surface area contributed by atoms with Crippen LogP contribution in [-0.2, 0) is 11.2 Å². The molecule has 130 valence electrons. The molecule has 3 rings (SSSR count). The third kappa shape index (κ3) is 3.47. The summed E-state index contributed by atoms with van der Waals surface area (Å²) in [6.45, 7) is 2.80. The van der Waals surface area contributed by atoms with Gasteiger partial charge in [0, 0.05) is 29.5 Å². The van der Waals surface area contributed by atoms with Crippen LogP contribution in [0.5, 0.6) is 0 Å². The van der Waals surface area contributed by atoms with Crippen LogP contribution < -0.4 is 10.4 Å². The third-order valence-electron chi connectivity index (χ3n) is 4.33. The number of para-hydroxylation sites is 1. The summed E-state index contributed by atoms with van der Waals surface area (Å²) in [5.41, 5.74) is 10.6. The van der Waals surface area contributed by atoms with Gasteiger partial charge < -0.3 is 15.1 Å². The minimum atomic E-state index is -0.369. The first-order valence-electron chi connectivity index (χ1n) is 8.07. The van der Waals surface area contributed by atoms with Gasteiger partial charge in [0.1, 0.15) is 0 Å². The van der Waals surface area contributed by atoms with Crippen LogP contribution >= 0.6 is 9.39 Å². The fraction of sp³-hybridized carbons (Fsp3) is 0.211. The lowest BCUT2D eigenvalue weighted by Gasteiger charge is -2.18. The summed E-state index contributed by atoms with van der Waals surface area (Å²) >= 11 is 0. The molecule has 0 fully saturated rings. The fourth-order valence-corrected chi connectivity index (χ4v) is 3.31. The molecule has 2 aromatic carbocycles. The molecule has 1 heterocycles. The maximum atomic E-state index is 12.1. The summed E-state index contributed by atoms with van der Waals surface area (Å²) in [7, 11) is 4.14. The Morgan fingerprint density at radius 3 is 2.64 bits per heavy atom. The van der Waals surface area contributed by atoms with Crippen LogP contribution in [0.1, 0.15) is 11.1 Å². The Hall–Kier alpha value is -2.52. The first-order chi connectivity index (χ1) is 12.0. The van der Waals surface area contributed by atoms with Gasteiger partial charge in [0.15, 0.2) is 0 Å². The van der Waals surface area contributed by atoms with Crippen molar-refractivity contribution in [3.63, 3.8) is 0 Å². The van der Waals surface area contributed by atoms with E-state index in [1.54, 1.807) is 4.57 Å². The van der Waals surface area contributed by atoms with E-state index in [9.17, 15) is 4.79 Å². The second kappa shape index (κ2) is 7.16. The summed E-state index contributed by atoms with van der Waals surface area (Å²) in [5, 5.41) is 1.08. The third-order valence-corrected chi connectivity index (χ3v) is 4.88. The predicted molar refractivity (Wildman–Crippen MR) is 106 cm³/mol.